The van der Waals surface area contributed by atoms with Crippen molar-refractivity contribution in [1.29, 1.82) is 0 Å². The Kier molecular flexibility index (Phi) is 8.91. The molecular weight excluding hydrogens is 636 g/mol. The van der Waals surface area contributed by atoms with Gasteiger partial charge in [-0.2, -0.15) is 23.4 Å². The van der Waals surface area contributed by atoms with Crippen LogP contribution in [0.1, 0.15) is 43.5 Å². The molecule has 0 aromatic carbocycles. The third-order valence-electron chi connectivity index (χ3n) is 7.68. The largest absolute Gasteiger partial charge is 0.478 e. The number of carbonyl (C=O) groups excluding carboxylic acids is 2. The number of anilines is 1. The summed E-state index contributed by atoms with van der Waals surface area (Å²) in [7, 11) is -5.03. The van der Waals surface area contributed by atoms with Crippen LogP contribution < -0.4 is 22.5 Å². The van der Waals surface area contributed by atoms with Crippen molar-refractivity contribution in [2.45, 2.75) is 68.9 Å². The Morgan fingerprint density at radius 3 is 2.62 bits per heavy atom. The number of hydrogen-bond acceptors (Lipinski definition) is 14. The van der Waals surface area contributed by atoms with Gasteiger partial charge in [0.25, 0.3) is 11.8 Å². The maximum absolute atomic E-state index is 13.4. The molecule has 2 aromatic rings. The summed E-state index contributed by atoms with van der Waals surface area (Å²) in [5.74, 6) is -3.13. The number of nitrogens with one attached hydrogen (secondary N) is 1. The van der Waals surface area contributed by atoms with Crippen molar-refractivity contribution >= 4 is 56.2 Å². The average molecular weight is 669 g/mol. The molecule has 0 radical (unpaired) electrons. The van der Waals surface area contributed by atoms with Gasteiger partial charge in [0.15, 0.2) is 16.8 Å². The predicted octanol–water partition coefficient (Wildman–Crippen LogP) is -2.52. The number of rotatable bonds is 11. The number of aliphatic carboxylic acids is 1. The van der Waals surface area contributed by atoms with Gasteiger partial charge in [-0.15, -0.1) is 11.3 Å². The lowest BCUT2D eigenvalue weighted by Gasteiger charge is -2.43. The molecular formula is C23H32N12O8S2. The zero-order valence-electron chi connectivity index (χ0n) is 23.7. The lowest BCUT2D eigenvalue weighted by molar-refractivity contribution is -0.165. The van der Waals surface area contributed by atoms with E-state index in [4.69, 9.17) is 22.0 Å². The standard InChI is InChI=1S/C23H32N12O8S2/c24-12-3-6-33(9-12)21(25)27-7-13-8-28-34(31-13)10-15-17(19(37)35(15)45(40,41)42)30-18(36)16(14-11-44-22(26)29-14)32-43-23(20(38)39)4-1-2-5-23/h8,11-12,15,17H,1-7,9-10,24H2,(H2,25,27)(H2,26,29)(H,30,36)(H,38,39)(H,40,41,42)/b32-16-/t12-,15+,17-/m0/s1. The number of nitrogens with zero attached hydrogens (tertiary/aromatic N) is 8. The minimum absolute atomic E-state index is 0.00666. The van der Waals surface area contributed by atoms with Crippen LogP contribution in [0.15, 0.2) is 21.7 Å². The molecule has 0 unspecified atom stereocenters. The summed E-state index contributed by atoms with van der Waals surface area (Å²) < 4.78 is 33.9. The molecule has 9 N–H and O–H groups in total. The molecule has 3 atom stereocenters. The molecule has 1 saturated carbocycles. The van der Waals surface area contributed by atoms with Gasteiger partial charge in [0.1, 0.15) is 23.5 Å². The molecule has 4 heterocycles. The molecule has 20 nitrogen and oxygen atoms in total. The number of β-lactam (4-membered cyclic amide) rings is 1. The number of nitrogen functional groups attached to an aromatic ring is 1. The van der Waals surface area contributed by atoms with E-state index >= 15 is 0 Å². The van der Waals surface area contributed by atoms with E-state index in [0.29, 0.717) is 31.6 Å². The van der Waals surface area contributed by atoms with Gasteiger partial charge in [-0.05, 0) is 19.3 Å². The second-order valence-electron chi connectivity index (χ2n) is 10.8. The summed E-state index contributed by atoms with van der Waals surface area (Å²) in [5.41, 5.74) is 15.8. The van der Waals surface area contributed by atoms with E-state index in [1.165, 1.54) is 11.6 Å². The first kappa shape index (κ1) is 32.0. The van der Waals surface area contributed by atoms with Crippen molar-refractivity contribution in [2.24, 2.45) is 21.6 Å². The van der Waals surface area contributed by atoms with E-state index in [9.17, 15) is 32.5 Å². The number of hydrogen-bond donors (Lipinski definition) is 6. The highest BCUT2D eigenvalue weighted by atomic mass is 32.2. The number of likely N-dealkylation sites (tertiary alicyclic amines) is 1. The number of carboxylic acids is 1. The fourth-order valence-electron chi connectivity index (χ4n) is 5.29. The molecule has 2 saturated heterocycles. The number of aliphatic imine (C=N–C) groups is 1. The maximum Gasteiger partial charge on any atom is 0.362 e. The fraction of sp³-hybridized carbons (Fsp3) is 0.565. The van der Waals surface area contributed by atoms with Crippen LogP contribution in [0.4, 0.5) is 5.13 Å². The van der Waals surface area contributed by atoms with Gasteiger partial charge in [-0.1, -0.05) is 5.16 Å². The van der Waals surface area contributed by atoms with Crippen molar-refractivity contribution in [3.05, 3.63) is 23.0 Å². The summed E-state index contributed by atoms with van der Waals surface area (Å²) in [5, 5.41) is 25.7. The van der Waals surface area contributed by atoms with Gasteiger partial charge >= 0.3 is 16.3 Å². The van der Waals surface area contributed by atoms with Gasteiger partial charge in [0, 0.05) is 37.4 Å². The number of carboxylic acid groups (broad SMARTS) is 1. The normalized spacial score (nSPS) is 23.7. The number of nitrogens with two attached hydrogens (primary N) is 3. The molecule has 5 rings (SSSR count). The predicted molar refractivity (Wildman–Crippen MR) is 157 cm³/mol. The summed E-state index contributed by atoms with van der Waals surface area (Å²) in [6, 6.07) is -2.82. The van der Waals surface area contributed by atoms with E-state index in [-0.39, 0.29) is 53.1 Å². The van der Waals surface area contributed by atoms with Gasteiger partial charge < -0.3 is 37.4 Å². The monoisotopic (exact) mass is 668 g/mol. The second kappa shape index (κ2) is 12.5. The van der Waals surface area contributed by atoms with Crippen molar-refractivity contribution < 1.29 is 37.3 Å². The highest BCUT2D eigenvalue weighted by Crippen LogP contribution is 2.34. The van der Waals surface area contributed by atoms with Gasteiger partial charge in [0.2, 0.25) is 5.60 Å². The lowest BCUT2D eigenvalue weighted by atomic mass is 9.98. The van der Waals surface area contributed by atoms with Crippen LogP contribution in [0, 0.1) is 0 Å². The maximum atomic E-state index is 13.4. The zero-order valence-corrected chi connectivity index (χ0v) is 25.4. The van der Waals surface area contributed by atoms with Crippen LogP contribution in [0.5, 0.6) is 0 Å². The minimum atomic E-state index is -5.03. The van der Waals surface area contributed by atoms with Crippen molar-refractivity contribution in [1.82, 2.24) is 34.5 Å². The average Bonchev–Trinajstić information content (AvgIpc) is 3.78. The first-order chi connectivity index (χ1) is 21.3. The molecule has 3 aliphatic rings. The van der Waals surface area contributed by atoms with Gasteiger partial charge in [-0.3, -0.25) is 14.1 Å². The Hall–Kier alpha value is -4.41. The molecule has 0 bridgehead atoms. The molecule has 45 heavy (non-hydrogen) atoms. The zero-order chi connectivity index (χ0) is 32.5. The van der Waals surface area contributed by atoms with E-state index in [0.717, 1.165) is 22.6 Å². The molecule has 1 aliphatic carbocycles. The first-order valence-corrected chi connectivity index (χ1v) is 16.1. The summed E-state index contributed by atoms with van der Waals surface area (Å²) >= 11 is 0.975. The van der Waals surface area contributed by atoms with E-state index < -0.39 is 51.5 Å². The Morgan fingerprint density at radius 1 is 1.29 bits per heavy atom. The van der Waals surface area contributed by atoms with Gasteiger partial charge in [-0.25, -0.2) is 19.1 Å². The second-order valence-corrected chi connectivity index (χ2v) is 13.0. The van der Waals surface area contributed by atoms with Crippen LogP contribution in [0.3, 0.4) is 0 Å². The number of oxime groups is 1. The Morgan fingerprint density at radius 2 is 2.02 bits per heavy atom. The van der Waals surface area contributed by atoms with Crippen LogP contribution in [0.2, 0.25) is 0 Å². The highest BCUT2D eigenvalue weighted by Gasteiger charge is 2.55. The topological polar surface area (TPSA) is 300 Å². The summed E-state index contributed by atoms with van der Waals surface area (Å²) in [6.07, 6.45) is 3.63. The molecule has 22 heteroatoms. The van der Waals surface area contributed by atoms with Crippen LogP contribution in [-0.2, 0) is 42.6 Å². The number of thiazole rings is 1. The number of amides is 2. The number of guanidine groups is 1. The first-order valence-electron chi connectivity index (χ1n) is 13.8. The Balaban J connectivity index is 1.33. The summed E-state index contributed by atoms with van der Waals surface area (Å²) in [6.45, 7) is 0.945. The molecule has 3 fully saturated rings. The van der Waals surface area contributed by atoms with Crippen molar-refractivity contribution in [3.8, 4) is 0 Å². The van der Waals surface area contributed by atoms with Crippen LogP contribution in [0.25, 0.3) is 0 Å². The molecule has 2 amide bonds. The molecule has 244 valence electrons. The van der Waals surface area contributed by atoms with Crippen molar-refractivity contribution in [3.63, 3.8) is 0 Å². The lowest BCUT2D eigenvalue weighted by Crippen LogP contribution is -2.73. The number of aromatic nitrogens is 4. The molecule has 2 aromatic heterocycles. The fourth-order valence-corrected chi connectivity index (χ4v) is 6.71. The van der Waals surface area contributed by atoms with Gasteiger partial charge in [0.05, 0.1) is 19.3 Å². The summed E-state index contributed by atoms with van der Waals surface area (Å²) in [4.78, 5) is 54.8. The molecule has 0 spiro atoms. The Bertz CT molecular complexity index is 1630. The van der Waals surface area contributed by atoms with Crippen LogP contribution in [-0.4, -0.2) is 114 Å². The van der Waals surface area contributed by atoms with E-state index in [1.807, 2.05) is 4.90 Å². The Labute approximate surface area is 260 Å². The quantitative estimate of drug-likeness (QED) is 0.0473. The van der Waals surface area contributed by atoms with E-state index in [1.54, 1.807) is 0 Å². The molecule has 2 aliphatic heterocycles. The minimum Gasteiger partial charge on any atom is -0.478 e. The van der Waals surface area contributed by atoms with Crippen LogP contribution >= 0.6 is 11.3 Å². The van der Waals surface area contributed by atoms with Crippen molar-refractivity contribution in [2.75, 3.05) is 18.8 Å². The van der Waals surface area contributed by atoms with E-state index in [2.05, 4.69) is 30.6 Å². The third kappa shape index (κ3) is 6.82. The smallest absolute Gasteiger partial charge is 0.362 e. The third-order valence-corrected chi connectivity index (χ3v) is 9.30. The highest BCUT2D eigenvalue weighted by molar-refractivity contribution is 7.84. The number of carbonyl (C=O) groups is 3. The SMILES string of the molecule is NC(=NCc1cnn(C[C@@H]2[C@H](NC(=O)/C(=N\OC3(C(=O)O)CCCC3)c3csc(N)n3)C(=O)N2S(=O)(=O)O)n1)N1CC[C@H](N)C1.